The highest BCUT2D eigenvalue weighted by Crippen LogP contribution is 2.34. The molecule has 0 aliphatic carbocycles. The Morgan fingerprint density at radius 1 is 1.00 bits per heavy atom. The zero-order chi connectivity index (χ0) is 24.5. The van der Waals surface area contributed by atoms with Crippen molar-refractivity contribution in [2.75, 3.05) is 5.32 Å². The Balaban J connectivity index is 0.00000304. The first kappa shape index (κ1) is 24.9. The molecule has 4 aromatic rings. The standard InChI is InChI=1S/C25H16ClF2N5O2.CH4/c26-15-6-9-17-18(10-15)23(21-19(27)2-1-3-20(21)28)29-11-14-12-30-25(32-22(14)17)31-16-7-4-13(5-8-16)24(34)33-35;/h1-10,12,35H,11H2,(H,33,34)(H,30,31,32);1H4. The van der Waals surface area contributed by atoms with Gasteiger partial charge >= 0.3 is 0 Å². The fraction of sp³-hybridized carbons (Fsp3) is 0.0769. The van der Waals surface area contributed by atoms with E-state index >= 15 is 0 Å². The van der Waals surface area contributed by atoms with Crippen LogP contribution in [0.5, 0.6) is 0 Å². The van der Waals surface area contributed by atoms with Gasteiger partial charge in [0.1, 0.15) is 11.6 Å². The Morgan fingerprint density at radius 3 is 2.42 bits per heavy atom. The molecule has 182 valence electrons. The lowest BCUT2D eigenvalue weighted by molar-refractivity contribution is 0.0706. The van der Waals surface area contributed by atoms with E-state index in [0.29, 0.717) is 33.1 Å². The van der Waals surface area contributed by atoms with E-state index < -0.39 is 17.5 Å². The molecule has 0 radical (unpaired) electrons. The lowest BCUT2D eigenvalue weighted by Gasteiger charge is -2.13. The van der Waals surface area contributed by atoms with Gasteiger partial charge in [-0.3, -0.25) is 15.0 Å². The molecule has 0 saturated carbocycles. The van der Waals surface area contributed by atoms with Crippen molar-refractivity contribution in [1.82, 2.24) is 15.4 Å². The number of hydrogen-bond acceptors (Lipinski definition) is 6. The third kappa shape index (κ3) is 4.66. The molecule has 1 aromatic heterocycles. The van der Waals surface area contributed by atoms with Crippen LogP contribution in [0.1, 0.15) is 34.5 Å². The molecule has 1 aliphatic rings. The summed E-state index contributed by atoms with van der Waals surface area (Å²) in [4.78, 5) is 25.0. The van der Waals surface area contributed by atoms with Crippen LogP contribution in [0.25, 0.3) is 11.3 Å². The number of benzene rings is 3. The smallest absolute Gasteiger partial charge is 0.274 e. The molecule has 10 heteroatoms. The van der Waals surface area contributed by atoms with Crippen LogP contribution >= 0.6 is 11.6 Å². The summed E-state index contributed by atoms with van der Waals surface area (Å²) in [5.41, 5.74) is 4.62. The lowest BCUT2D eigenvalue weighted by atomic mass is 9.95. The predicted molar refractivity (Wildman–Crippen MR) is 134 cm³/mol. The molecular weight excluding hydrogens is 488 g/mol. The van der Waals surface area contributed by atoms with Gasteiger partial charge in [-0.1, -0.05) is 31.2 Å². The molecule has 1 amide bonds. The first-order chi connectivity index (χ1) is 16.9. The van der Waals surface area contributed by atoms with Crippen molar-refractivity contribution in [3.63, 3.8) is 0 Å². The highest BCUT2D eigenvalue weighted by Gasteiger charge is 2.25. The van der Waals surface area contributed by atoms with Crippen LogP contribution in [-0.2, 0) is 6.54 Å². The Bertz CT molecular complexity index is 1470. The number of amides is 1. The average Bonchev–Trinajstić information content (AvgIpc) is 3.01. The molecule has 0 bridgehead atoms. The van der Waals surface area contributed by atoms with Crippen LogP contribution in [-0.4, -0.2) is 26.8 Å². The van der Waals surface area contributed by atoms with Crippen molar-refractivity contribution in [3.8, 4) is 11.3 Å². The summed E-state index contributed by atoms with van der Waals surface area (Å²) in [6.45, 7) is 0.107. The van der Waals surface area contributed by atoms with Gasteiger partial charge in [-0.15, -0.1) is 0 Å². The summed E-state index contributed by atoms with van der Waals surface area (Å²) in [6, 6.07) is 15.0. The minimum absolute atomic E-state index is 0. The predicted octanol–water partition coefficient (Wildman–Crippen LogP) is 5.92. The first-order valence-electron chi connectivity index (χ1n) is 10.4. The Labute approximate surface area is 210 Å². The van der Waals surface area contributed by atoms with E-state index in [-0.39, 0.29) is 36.8 Å². The average molecular weight is 508 g/mol. The molecule has 7 nitrogen and oxygen atoms in total. The van der Waals surface area contributed by atoms with Gasteiger partial charge in [0, 0.05) is 39.2 Å². The molecule has 0 unspecified atom stereocenters. The van der Waals surface area contributed by atoms with E-state index in [1.54, 1.807) is 42.0 Å². The number of anilines is 2. The maximum Gasteiger partial charge on any atom is 0.274 e. The topological polar surface area (TPSA) is 99.5 Å². The lowest BCUT2D eigenvalue weighted by Crippen LogP contribution is -2.18. The van der Waals surface area contributed by atoms with Gasteiger partial charge in [0.15, 0.2) is 0 Å². The second kappa shape index (κ2) is 10.2. The number of fused-ring (bicyclic) bond motifs is 3. The summed E-state index contributed by atoms with van der Waals surface area (Å²) in [5, 5.41) is 12.2. The number of halogens is 3. The number of hydroxylamine groups is 1. The van der Waals surface area contributed by atoms with Gasteiger partial charge in [-0.05, 0) is 48.5 Å². The van der Waals surface area contributed by atoms with Crippen LogP contribution in [0.15, 0.2) is 71.9 Å². The minimum Gasteiger partial charge on any atom is -0.324 e. The van der Waals surface area contributed by atoms with Crippen molar-refractivity contribution in [1.29, 1.82) is 0 Å². The monoisotopic (exact) mass is 507 g/mol. The number of nitrogens with one attached hydrogen (secondary N) is 2. The van der Waals surface area contributed by atoms with E-state index in [4.69, 9.17) is 16.8 Å². The molecule has 0 spiro atoms. The van der Waals surface area contributed by atoms with E-state index in [1.165, 1.54) is 30.3 Å². The first-order valence-corrected chi connectivity index (χ1v) is 10.8. The summed E-state index contributed by atoms with van der Waals surface area (Å²) < 4.78 is 29.3. The normalized spacial score (nSPS) is 11.8. The van der Waals surface area contributed by atoms with Crippen LogP contribution in [0, 0.1) is 11.6 Å². The zero-order valence-electron chi connectivity index (χ0n) is 17.9. The van der Waals surface area contributed by atoms with Crippen LogP contribution in [0.2, 0.25) is 5.02 Å². The second-order valence-electron chi connectivity index (χ2n) is 7.66. The van der Waals surface area contributed by atoms with Crippen molar-refractivity contribution < 1.29 is 18.8 Å². The van der Waals surface area contributed by atoms with E-state index in [2.05, 4.69) is 20.3 Å². The van der Waals surface area contributed by atoms with Gasteiger partial charge in [0.2, 0.25) is 5.95 Å². The molecule has 2 heterocycles. The zero-order valence-corrected chi connectivity index (χ0v) is 18.6. The van der Waals surface area contributed by atoms with E-state index in [1.807, 2.05) is 0 Å². The largest absolute Gasteiger partial charge is 0.324 e. The molecule has 5 rings (SSSR count). The van der Waals surface area contributed by atoms with Gasteiger partial charge in [0.25, 0.3) is 5.91 Å². The Morgan fingerprint density at radius 2 is 1.72 bits per heavy atom. The molecule has 0 saturated heterocycles. The van der Waals surface area contributed by atoms with Crippen molar-refractivity contribution >= 4 is 34.9 Å². The van der Waals surface area contributed by atoms with Gasteiger partial charge in [-0.2, -0.15) is 0 Å². The summed E-state index contributed by atoms with van der Waals surface area (Å²) in [7, 11) is 0. The van der Waals surface area contributed by atoms with Crippen LogP contribution in [0.4, 0.5) is 20.4 Å². The Kier molecular flexibility index (Phi) is 7.05. The SMILES string of the molecule is C.O=C(NO)c1ccc(Nc2ncc3c(n2)-c2ccc(Cl)cc2C(c2c(F)cccc2F)=NC3)cc1. The Hall–Kier alpha value is -4.21. The summed E-state index contributed by atoms with van der Waals surface area (Å²) in [6.07, 6.45) is 1.60. The molecule has 0 fully saturated rings. The number of aliphatic imine (C=N–C) groups is 1. The fourth-order valence-corrected chi connectivity index (χ4v) is 3.99. The molecule has 0 atom stereocenters. The van der Waals surface area contributed by atoms with Gasteiger partial charge < -0.3 is 5.32 Å². The highest BCUT2D eigenvalue weighted by molar-refractivity contribution is 6.31. The highest BCUT2D eigenvalue weighted by atomic mass is 35.5. The number of carbonyl (C=O) groups excluding carboxylic acids is 1. The molecule has 36 heavy (non-hydrogen) atoms. The van der Waals surface area contributed by atoms with Crippen LogP contribution < -0.4 is 10.8 Å². The number of aromatic nitrogens is 2. The minimum atomic E-state index is -0.729. The molecule has 1 aliphatic heterocycles. The number of rotatable bonds is 4. The summed E-state index contributed by atoms with van der Waals surface area (Å²) in [5.74, 6) is -1.82. The maximum absolute atomic E-state index is 14.7. The number of nitrogens with zero attached hydrogens (tertiary/aromatic N) is 3. The van der Waals surface area contributed by atoms with Crippen molar-refractivity contribution in [2.24, 2.45) is 4.99 Å². The number of hydrogen-bond donors (Lipinski definition) is 3. The van der Waals surface area contributed by atoms with Gasteiger partial charge in [0.05, 0.1) is 23.5 Å². The van der Waals surface area contributed by atoms with E-state index in [0.717, 1.165) is 0 Å². The van der Waals surface area contributed by atoms with E-state index in [9.17, 15) is 13.6 Å². The quantitative estimate of drug-likeness (QED) is 0.235. The third-order valence-electron chi connectivity index (χ3n) is 5.47. The fourth-order valence-electron chi connectivity index (χ4n) is 3.82. The maximum atomic E-state index is 14.7. The third-order valence-corrected chi connectivity index (χ3v) is 5.70. The second-order valence-corrected chi connectivity index (χ2v) is 8.10. The van der Waals surface area contributed by atoms with Crippen molar-refractivity contribution in [2.45, 2.75) is 14.0 Å². The molecular formula is C26H20ClF2N5O2. The number of carbonyl (C=O) groups is 1. The van der Waals surface area contributed by atoms with Crippen molar-refractivity contribution in [3.05, 3.63) is 106 Å². The summed E-state index contributed by atoms with van der Waals surface area (Å²) >= 11 is 6.24. The van der Waals surface area contributed by atoms with Gasteiger partial charge in [-0.25, -0.2) is 24.2 Å². The van der Waals surface area contributed by atoms with Crippen LogP contribution in [0.3, 0.4) is 0 Å². The molecule has 3 aromatic carbocycles. The molecule has 3 N–H and O–H groups in total.